The van der Waals surface area contributed by atoms with Gasteiger partial charge in [-0.2, -0.15) is 9.10 Å². The van der Waals surface area contributed by atoms with Gasteiger partial charge in [0.15, 0.2) is 11.1 Å². The van der Waals surface area contributed by atoms with Crippen molar-refractivity contribution >= 4 is 38.2 Å². The molecule has 3 N–H and O–H groups in total. The Balaban J connectivity index is 1.41. The highest BCUT2D eigenvalue weighted by Crippen LogP contribution is 2.42. The van der Waals surface area contributed by atoms with Crippen LogP contribution in [-0.2, 0) is 51.9 Å². The number of para-hydroxylation sites is 1. The molecule has 0 aliphatic carbocycles. The van der Waals surface area contributed by atoms with E-state index in [0.717, 1.165) is 5.56 Å². The first kappa shape index (κ1) is 46.3. The molecule has 0 aliphatic rings. The number of aromatic nitrogens is 6. The Morgan fingerprint density at radius 1 is 0.831 bits per heavy atom. The molecule has 1 amide bonds. The van der Waals surface area contributed by atoms with Crippen LogP contribution >= 0.6 is 0 Å². The van der Waals surface area contributed by atoms with Gasteiger partial charge >= 0.3 is 6.09 Å². The number of sulfonamides is 1. The summed E-state index contributed by atoms with van der Waals surface area (Å²) in [6.07, 6.45) is -0.267. The van der Waals surface area contributed by atoms with Crippen molar-refractivity contribution in [3.63, 3.8) is 0 Å². The molecule has 19 heteroatoms. The number of benzene rings is 5. The predicted molar refractivity (Wildman–Crippen MR) is 244 cm³/mol. The van der Waals surface area contributed by atoms with Crippen molar-refractivity contribution in [3.8, 4) is 39.8 Å². The van der Waals surface area contributed by atoms with Crippen molar-refractivity contribution in [3.05, 3.63) is 126 Å². The number of carbonyl (C=O) groups excluding carboxylic acids is 1. The van der Waals surface area contributed by atoms with Crippen LogP contribution in [0.4, 0.5) is 4.79 Å². The number of aromatic amines is 1. The van der Waals surface area contributed by atoms with E-state index in [4.69, 9.17) is 29.0 Å². The zero-order chi connectivity index (χ0) is 46.5. The second-order valence-corrected chi connectivity index (χ2v) is 19.0. The fourth-order valence-electron chi connectivity index (χ4n) is 7.18. The summed E-state index contributed by atoms with van der Waals surface area (Å²) in [4.78, 5) is 21.3. The molecule has 7 rings (SSSR count). The van der Waals surface area contributed by atoms with E-state index in [2.05, 4.69) is 20.6 Å². The standard InChI is InChI=1S/C46H50N8O9S2/c1-29(47-45(55)63-46(2,3)4)25-40-48-38-10-8-9-37(42(38)49-40)36-23-24-39(64(56)57)43(41(36)44-50-52-54(51-44)28-32-15-21-35(62-7)22-16-32)65(58,59)53(26-30-11-17-33(60-5)18-12-30)27-31-13-19-34(61-6)20-14-31/h8-24,29H,25-28H2,1-7H3,(H,47,55)(H,48,49)(H,56,57)/t29-/m0/s1. The van der Waals surface area contributed by atoms with Crippen LogP contribution in [0.5, 0.6) is 17.2 Å². The van der Waals surface area contributed by atoms with Crippen LogP contribution in [0.1, 0.15) is 50.2 Å². The molecule has 7 aromatic rings. The van der Waals surface area contributed by atoms with Crippen LogP contribution in [0.25, 0.3) is 33.5 Å². The Morgan fingerprint density at radius 2 is 1.40 bits per heavy atom. The summed E-state index contributed by atoms with van der Waals surface area (Å²) in [5, 5.41) is 16.3. The van der Waals surface area contributed by atoms with Gasteiger partial charge in [0.25, 0.3) is 0 Å². The number of fused-ring (bicyclic) bond motifs is 1. The van der Waals surface area contributed by atoms with Gasteiger partial charge in [-0.15, -0.1) is 10.2 Å². The number of H-pyrrole nitrogens is 1. The summed E-state index contributed by atoms with van der Waals surface area (Å²) in [6, 6.07) is 29.1. The molecule has 0 aliphatic heterocycles. The number of alkyl carbamates (subject to hydrolysis) is 1. The van der Waals surface area contributed by atoms with Gasteiger partial charge < -0.3 is 33.8 Å². The first-order chi connectivity index (χ1) is 31.0. The highest BCUT2D eigenvalue weighted by molar-refractivity contribution is 7.90. The van der Waals surface area contributed by atoms with E-state index in [1.807, 2.05) is 25.1 Å². The van der Waals surface area contributed by atoms with E-state index >= 15 is 8.42 Å². The number of nitrogens with zero attached hydrogens (tertiary/aromatic N) is 6. The molecule has 0 fully saturated rings. The number of rotatable bonds is 17. The quantitative estimate of drug-likeness (QED) is 0.0762. The fourth-order valence-corrected chi connectivity index (χ4v) is 9.83. The summed E-state index contributed by atoms with van der Waals surface area (Å²) in [5.74, 6) is 2.25. The normalized spacial score (nSPS) is 12.8. The van der Waals surface area contributed by atoms with E-state index in [-0.39, 0.29) is 42.0 Å². The molecule has 2 heterocycles. The van der Waals surface area contributed by atoms with Crippen LogP contribution < -0.4 is 19.5 Å². The smallest absolute Gasteiger partial charge is 0.407 e. The maximum Gasteiger partial charge on any atom is 0.407 e. The van der Waals surface area contributed by atoms with Crippen molar-refractivity contribution in [2.75, 3.05) is 21.3 Å². The first-order valence-corrected chi connectivity index (χ1v) is 23.0. The Bertz CT molecular complexity index is 2870. The van der Waals surface area contributed by atoms with Gasteiger partial charge in [-0.05, 0) is 104 Å². The minimum Gasteiger partial charge on any atom is -0.497 e. The molecule has 0 bridgehead atoms. The van der Waals surface area contributed by atoms with Gasteiger partial charge in [-0.25, -0.2) is 22.4 Å². The summed E-state index contributed by atoms with van der Waals surface area (Å²) >= 11 is -2.82. The lowest BCUT2D eigenvalue weighted by atomic mass is 9.98. The van der Waals surface area contributed by atoms with Gasteiger partial charge in [-0.3, -0.25) is 0 Å². The maximum absolute atomic E-state index is 15.7. The van der Waals surface area contributed by atoms with E-state index in [0.29, 0.717) is 62.8 Å². The number of hydrogen-bond acceptors (Lipinski definition) is 12. The lowest BCUT2D eigenvalue weighted by molar-refractivity contribution is 0.0508. The van der Waals surface area contributed by atoms with E-state index in [1.54, 1.807) is 107 Å². The van der Waals surface area contributed by atoms with Crippen molar-refractivity contribution in [2.24, 2.45) is 0 Å². The van der Waals surface area contributed by atoms with Gasteiger partial charge in [-0.1, -0.05) is 54.6 Å². The molecular weight excluding hydrogens is 873 g/mol. The molecule has 5 aromatic carbocycles. The van der Waals surface area contributed by atoms with Crippen LogP contribution in [0, 0.1) is 0 Å². The summed E-state index contributed by atoms with van der Waals surface area (Å²) in [5.41, 5.74) is 3.18. The molecule has 2 aromatic heterocycles. The molecular formula is C46H50N8O9S2. The van der Waals surface area contributed by atoms with Crippen LogP contribution in [0.15, 0.2) is 113 Å². The Kier molecular flexibility index (Phi) is 14.0. The number of carbonyl (C=O) groups is 1. The summed E-state index contributed by atoms with van der Waals surface area (Å²) in [6.45, 7) is 7.06. The average molecular weight is 923 g/mol. The van der Waals surface area contributed by atoms with Crippen LogP contribution in [-0.4, -0.2) is 90.7 Å². The van der Waals surface area contributed by atoms with Crippen molar-refractivity contribution in [1.29, 1.82) is 0 Å². The molecule has 17 nitrogen and oxygen atoms in total. The summed E-state index contributed by atoms with van der Waals surface area (Å²) in [7, 11) is -0.107. The number of methoxy groups -OCH3 is 3. The Hall–Kier alpha value is -6.67. The number of ether oxygens (including phenoxy) is 4. The third kappa shape index (κ3) is 11.0. The maximum atomic E-state index is 15.7. The van der Waals surface area contributed by atoms with Crippen LogP contribution in [0.3, 0.4) is 0 Å². The van der Waals surface area contributed by atoms with Crippen molar-refractivity contribution < 1.29 is 40.9 Å². The average Bonchev–Trinajstić information content (AvgIpc) is 3.92. The zero-order valence-corrected chi connectivity index (χ0v) is 38.6. The Labute approximate surface area is 379 Å². The van der Waals surface area contributed by atoms with E-state index in [9.17, 15) is 13.6 Å². The first-order valence-electron chi connectivity index (χ1n) is 20.5. The van der Waals surface area contributed by atoms with Gasteiger partial charge in [0, 0.05) is 31.1 Å². The lowest BCUT2D eigenvalue weighted by Crippen LogP contribution is -2.38. The molecule has 0 spiro atoms. The van der Waals surface area contributed by atoms with Crippen molar-refractivity contribution in [1.82, 2.24) is 39.8 Å². The minimum absolute atomic E-state index is 0.0580. The third-order valence-corrected chi connectivity index (χ3v) is 12.9. The molecule has 2 atom stereocenters. The second kappa shape index (κ2) is 19.6. The van der Waals surface area contributed by atoms with Gasteiger partial charge in [0.05, 0.1) is 49.4 Å². The minimum atomic E-state index is -4.75. The van der Waals surface area contributed by atoms with Gasteiger partial charge in [0.1, 0.15) is 33.6 Å². The monoisotopic (exact) mass is 922 g/mol. The summed E-state index contributed by atoms with van der Waals surface area (Å²) < 4.78 is 78.4. The molecule has 0 saturated carbocycles. The topological polar surface area (TPSA) is 213 Å². The highest BCUT2D eigenvalue weighted by Gasteiger charge is 2.36. The third-order valence-electron chi connectivity index (χ3n) is 10.2. The van der Waals surface area contributed by atoms with Crippen LogP contribution in [0.2, 0.25) is 0 Å². The molecule has 0 saturated heterocycles. The zero-order valence-electron chi connectivity index (χ0n) is 36.9. The highest BCUT2D eigenvalue weighted by atomic mass is 32.2. The SMILES string of the molecule is COc1ccc(CN(Cc2ccc(OC)cc2)S(=O)(=O)c2c(S(=O)O)ccc(-c3cccc4[nH]c(C[C@H](C)NC(=O)OC(C)(C)C)nc34)c2-c2nnn(Cc3ccc(OC)cc3)n2)cc1. The Morgan fingerprint density at radius 3 is 1.94 bits per heavy atom. The molecule has 65 heavy (non-hydrogen) atoms. The number of imidazole rings is 1. The number of tetrazole rings is 1. The predicted octanol–water partition coefficient (Wildman–Crippen LogP) is 7.38. The number of amides is 1. The molecule has 0 radical (unpaired) electrons. The second-order valence-electron chi connectivity index (χ2n) is 16.2. The lowest BCUT2D eigenvalue weighted by Gasteiger charge is -2.25. The molecule has 340 valence electrons. The van der Waals surface area contributed by atoms with Gasteiger partial charge in [0.2, 0.25) is 15.8 Å². The van der Waals surface area contributed by atoms with Crippen molar-refractivity contribution in [2.45, 2.75) is 75.2 Å². The molecule has 1 unspecified atom stereocenters. The number of hydrogen-bond donors (Lipinski definition) is 3. The fraction of sp³-hybridized carbons (Fsp3) is 0.283. The van der Waals surface area contributed by atoms with E-state index < -0.39 is 37.7 Å². The largest absolute Gasteiger partial charge is 0.497 e. The van der Waals surface area contributed by atoms with E-state index in [1.165, 1.54) is 29.4 Å². The number of nitrogens with one attached hydrogen (secondary N) is 2.